The second-order valence-corrected chi connectivity index (χ2v) is 5.66. The lowest BCUT2D eigenvalue weighted by Crippen LogP contribution is -2.24. The van der Waals surface area contributed by atoms with Crippen LogP contribution >= 0.6 is 11.6 Å². The van der Waals surface area contributed by atoms with Crippen LogP contribution in [-0.4, -0.2) is 36.5 Å². The van der Waals surface area contributed by atoms with Crippen LogP contribution in [0.4, 0.5) is 0 Å². The summed E-state index contributed by atoms with van der Waals surface area (Å²) in [6.07, 6.45) is -0.0212. The molecule has 0 spiro atoms. The lowest BCUT2D eigenvalue weighted by atomic mass is 10.2. The zero-order valence-electron chi connectivity index (χ0n) is 12.4. The van der Waals surface area contributed by atoms with Crippen LogP contribution in [0.2, 0.25) is 0 Å². The Morgan fingerprint density at radius 3 is 2.70 bits per heavy atom. The molecule has 4 nitrogen and oxygen atoms in total. The zero-order chi connectivity index (χ0) is 14.7. The number of aryl methyl sites for hydroxylation is 1. The van der Waals surface area contributed by atoms with E-state index in [2.05, 4.69) is 28.6 Å². The van der Waals surface area contributed by atoms with Gasteiger partial charge in [-0.1, -0.05) is 6.07 Å². The molecule has 0 radical (unpaired) electrons. The SMILES string of the molecule is COCC(Cn1c(C(C)Cl)nc2ccc(C)cc21)OC. The van der Waals surface area contributed by atoms with E-state index in [1.54, 1.807) is 14.2 Å². The van der Waals surface area contributed by atoms with Crippen LogP contribution in [0, 0.1) is 6.92 Å². The van der Waals surface area contributed by atoms with Crippen molar-refractivity contribution < 1.29 is 9.47 Å². The molecular weight excluding hydrogens is 276 g/mol. The largest absolute Gasteiger partial charge is 0.382 e. The number of halogens is 1. The summed E-state index contributed by atoms with van der Waals surface area (Å²) in [5.74, 6) is 0.866. The maximum atomic E-state index is 6.27. The number of hydrogen-bond donors (Lipinski definition) is 0. The number of fused-ring (bicyclic) bond motifs is 1. The average molecular weight is 297 g/mol. The van der Waals surface area contributed by atoms with Crippen LogP contribution in [0.1, 0.15) is 23.7 Å². The zero-order valence-corrected chi connectivity index (χ0v) is 13.1. The first kappa shape index (κ1) is 15.3. The van der Waals surface area contributed by atoms with E-state index in [9.17, 15) is 0 Å². The van der Waals surface area contributed by atoms with Gasteiger partial charge in [0.1, 0.15) is 5.82 Å². The molecule has 1 heterocycles. The first-order valence-corrected chi connectivity index (χ1v) is 7.13. The van der Waals surface area contributed by atoms with Gasteiger partial charge in [-0.25, -0.2) is 4.98 Å². The Hall–Kier alpha value is -1.10. The highest BCUT2D eigenvalue weighted by Gasteiger charge is 2.18. The van der Waals surface area contributed by atoms with Crippen molar-refractivity contribution in [3.8, 4) is 0 Å². The summed E-state index contributed by atoms with van der Waals surface area (Å²) in [5, 5.41) is -0.150. The molecule has 0 bridgehead atoms. The highest BCUT2D eigenvalue weighted by molar-refractivity contribution is 6.20. The normalized spacial score (nSPS) is 14.7. The van der Waals surface area contributed by atoms with E-state index in [0.29, 0.717) is 13.2 Å². The fourth-order valence-corrected chi connectivity index (χ4v) is 2.50. The molecule has 1 aromatic carbocycles. The minimum atomic E-state index is -0.150. The summed E-state index contributed by atoms with van der Waals surface area (Å²) in [7, 11) is 3.37. The molecule has 0 aliphatic rings. The second kappa shape index (κ2) is 6.57. The maximum Gasteiger partial charge on any atom is 0.127 e. The van der Waals surface area contributed by atoms with Crippen molar-refractivity contribution in [2.45, 2.75) is 31.9 Å². The van der Waals surface area contributed by atoms with Gasteiger partial charge in [-0.05, 0) is 31.5 Å². The number of benzene rings is 1. The minimum Gasteiger partial charge on any atom is -0.382 e. The summed E-state index contributed by atoms with van der Waals surface area (Å²) >= 11 is 6.27. The van der Waals surface area contributed by atoms with Gasteiger partial charge in [0.25, 0.3) is 0 Å². The van der Waals surface area contributed by atoms with E-state index < -0.39 is 0 Å². The van der Waals surface area contributed by atoms with Crippen molar-refractivity contribution in [3.63, 3.8) is 0 Å². The number of aromatic nitrogens is 2. The molecule has 5 heteroatoms. The second-order valence-electron chi connectivity index (χ2n) is 5.00. The highest BCUT2D eigenvalue weighted by atomic mass is 35.5. The van der Waals surface area contributed by atoms with E-state index in [4.69, 9.17) is 21.1 Å². The number of rotatable bonds is 6. The Balaban J connectivity index is 2.47. The molecule has 110 valence electrons. The van der Waals surface area contributed by atoms with E-state index in [1.165, 1.54) is 5.56 Å². The number of ether oxygens (including phenoxy) is 2. The Morgan fingerprint density at radius 1 is 1.35 bits per heavy atom. The van der Waals surface area contributed by atoms with Gasteiger partial charge in [0.2, 0.25) is 0 Å². The van der Waals surface area contributed by atoms with Crippen molar-refractivity contribution in [2.75, 3.05) is 20.8 Å². The number of methoxy groups -OCH3 is 2. The standard InChI is InChI=1S/C15H21ClN2O2/c1-10-5-6-13-14(7-10)18(15(17-13)11(2)16)8-12(20-4)9-19-3/h5-7,11-12H,8-9H2,1-4H3. The fraction of sp³-hybridized carbons (Fsp3) is 0.533. The van der Waals surface area contributed by atoms with Crippen molar-refractivity contribution in [1.82, 2.24) is 9.55 Å². The molecule has 1 aromatic heterocycles. The van der Waals surface area contributed by atoms with Gasteiger partial charge >= 0.3 is 0 Å². The van der Waals surface area contributed by atoms with E-state index in [0.717, 1.165) is 16.9 Å². The van der Waals surface area contributed by atoms with Gasteiger partial charge in [-0.3, -0.25) is 0 Å². The van der Waals surface area contributed by atoms with Gasteiger partial charge in [-0.15, -0.1) is 11.6 Å². The Labute approximate surface area is 124 Å². The summed E-state index contributed by atoms with van der Waals surface area (Å²) in [5.41, 5.74) is 3.25. The van der Waals surface area contributed by atoms with Crippen LogP contribution in [0.15, 0.2) is 18.2 Å². The van der Waals surface area contributed by atoms with Gasteiger partial charge in [0, 0.05) is 14.2 Å². The van der Waals surface area contributed by atoms with E-state index >= 15 is 0 Å². The van der Waals surface area contributed by atoms with Crippen LogP contribution in [0.25, 0.3) is 11.0 Å². The Morgan fingerprint density at radius 2 is 2.10 bits per heavy atom. The topological polar surface area (TPSA) is 36.3 Å². The molecule has 0 amide bonds. The van der Waals surface area contributed by atoms with E-state index in [-0.39, 0.29) is 11.5 Å². The summed E-state index contributed by atoms with van der Waals surface area (Å²) in [6, 6.07) is 6.22. The molecule has 20 heavy (non-hydrogen) atoms. The molecule has 0 aliphatic carbocycles. The molecule has 0 aliphatic heterocycles. The number of alkyl halides is 1. The third-order valence-corrected chi connectivity index (χ3v) is 3.56. The maximum absolute atomic E-state index is 6.27. The predicted octanol–water partition coefficient (Wildman–Crippen LogP) is 3.31. The highest BCUT2D eigenvalue weighted by Crippen LogP contribution is 2.25. The molecule has 2 atom stereocenters. The molecule has 0 saturated carbocycles. The van der Waals surface area contributed by atoms with Crippen molar-refractivity contribution in [1.29, 1.82) is 0 Å². The van der Waals surface area contributed by atoms with Gasteiger partial charge in [0.15, 0.2) is 0 Å². The molecule has 0 saturated heterocycles. The number of hydrogen-bond acceptors (Lipinski definition) is 3. The van der Waals surface area contributed by atoms with Gasteiger partial charge < -0.3 is 14.0 Å². The first-order valence-electron chi connectivity index (χ1n) is 6.69. The summed E-state index contributed by atoms with van der Waals surface area (Å²) in [4.78, 5) is 4.64. The summed E-state index contributed by atoms with van der Waals surface area (Å²) in [6.45, 7) is 5.22. The lowest BCUT2D eigenvalue weighted by molar-refractivity contribution is 0.0185. The smallest absolute Gasteiger partial charge is 0.127 e. The molecule has 2 rings (SSSR count). The third kappa shape index (κ3) is 3.14. The predicted molar refractivity (Wildman–Crippen MR) is 81.4 cm³/mol. The third-order valence-electron chi connectivity index (χ3n) is 3.36. The molecule has 0 fully saturated rings. The van der Waals surface area contributed by atoms with Crippen molar-refractivity contribution in [3.05, 3.63) is 29.6 Å². The van der Waals surface area contributed by atoms with Gasteiger partial charge in [-0.2, -0.15) is 0 Å². The molecule has 2 unspecified atom stereocenters. The quantitative estimate of drug-likeness (QED) is 0.767. The van der Waals surface area contributed by atoms with Crippen LogP contribution in [0.3, 0.4) is 0 Å². The molecular formula is C15H21ClN2O2. The van der Waals surface area contributed by atoms with Crippen molar-refractivity contribution >= 4 is 22.6 Å². The number of imidazole rings is 1. The minimum absolute atomic E-state index is 0.0212. The first-order chi connectivity index (χ1) is 9.56. The van der Waals surface area contributed by atoms with Gasteiger partial charge in [0.05, 0.1) is 35.7 Å². The van der Waals surface area contributed by atoms with Crippen LogP contribution in [0.5, 0.6) is 0 Å². The summed E-state index contributed by atoms with van der Waals surface area (Å²) < 4.78 is 12.8. The Bertz CT molecular complexity index is 581. The Kier molecular flexibility index (Phi) is 5.02. The van der Waals surface area contributed by atoms with E-state index in [1.807, 2.05) is 13.0 Å². The van der Waals surface area contributed by atoms with Crippen LogP contribution in [-0.2, 0) is 16.0 Å². The lowest BCUT2D eigenvalue weighted by Gasteiger charge is -2.18. The number of nitrogens with zero attached hydrogens (tertiary/aromatic N) is 2. The molecule has 2 aromatic rings. The average Bonchev–Trinajstić information content (AvgIpc) is 2.76. The molecule has 0 N–H and O–H groups in total. The van der Waals surface area contributed by atoms with Crippen molar-refractivity contribution in [2.24, 2.45) is 0 Å². The fourth-order valence-electron chi connectivity index (χ4n) is 2.33. The monoisotopic (exact) mass is 296 g/mol. The van der Waals surface area contributed by atoms with Crippen LogP contribution < -0.4 is 0 Å².